The lowest BCUT2D eigenvalue weighted by Crippen LogP contribution is -2.43. The molecule has 1 heterocycles. The topological polar surface area (TPSA) is 46.5 Å². The minimum atomic E-state index is -1.43. The summed E-state index contributed by atoms with van der Waals surface area (Å²) < 4.78 is 5.68. The van der Waals surface area contributed by atoms with E-state index in [0.717, 1.165) is 11.1 Å². The number of benzene rings is 2. The number of aliphatic hydroxyl groups is 1. The van der Waals surface area contributed by atoms with Crippen molar-refractivity contribution in [1.29, 1.82) is 0 Å². The van der Waals surface area contributed by atoms with Crippen LogP contribution in [0.25, 0.3) is 0 Å². The number of ketones is 1. The lowest BCUT2D eigenvalue weighted by atomic mass is 9.83. The zero-order valence-electron chi connectivity index (χ0n) is 12.3. The second-order valence-corrected chi connectivity index (χ2v) is 5.63. The van der Waals surface area contributed by atoms with Gasteiger partial charge in [0.15, 0.2) is 11.6 Å². The summed E-state index contributed by atoms with van der Waals surface area (Å²) in [5.74, 6) is -1.82. The van der Waals surface area contributed by atoms with Crippen molar-refractivity contribution in [2.45, 2.75) is 24.7 Å². The van der Waals surface area contributed by atoms with E-state index in [2.05, 4.69) is 0 Å². The van der Waals surface area contributed by atoms with Gasteiger partial charge >= 0.3 is 0 Å². The van der Waals surface area contributed by atoms with Gasteiger partial charge in [-0.3, -0.25) is 4.79 Å². The van der Waals surface area contributed by atoms with Crippen LogP contribution >= 0.6 is 0 Å². The smallest absolute Gasteiger partial charge is 0.185 e. The number of ether oxygens (including phenoxy) is 1. The van der Waals surface area contributed by atoms with Crippen LogP contribution in [-0.2, 0) is 9.53 Å². The van der Waals surface area contributed by atoms with Crippen LogP contribution in [0.5, 0.6) is 0 Å². The Balaban J connectivity index is 2.07. The van der Waals surface area contributed by atoms with Crippen LogP contribution in [0.15, 0.2) is 72.8 Å². The fourth-order valence-electron chi connectivity index (χ4n) is 2.78. The summed E-state index contributed by atoms with van der Waals surface area (Å²) in [7, 11) is 0. The van der Waals surface area contributed by atoms with Gasteiger partial charge in [0.25, 0.3) is 0 Å². The molecule has 2 aromatic carbocycles. The van der Waals surface area contributed by atoms with Gasteiger partial charge in [-0.05, 0) is 30.2 Å². The molecule has 0 fully saturated rings. The van der Waals surface area contributed by atoms with Gasteiger partial charge in [-0.1, -0.05) is 60.7 Å². The Morgan fingerprint density at radius 2 is 1.50 bits per heavy atom. The van der Waals surface area contributed by atoms with Crippen molar-refractivity contribution in [3.8, 4) is 0 Å². The summed E-state index contributed by atoms with van der Waals surface area (Å²) in [4.78, 5) is 12.3. The average molecular weight is 294 g/mol. The molecule has 0 unspecified atom stereocenters. The molecule has 0 radical (unpaired) electrons. The largest absolute Gasteiger partial charge is 0.362 e. The maximum atomic E-state index is 12.3. The lowest BCUT2D eigenvalue weighted by Gasteiger charge is -2.34. The molecule has 2 aromatic rings. The molecular formula is C19H18O3. The second kappa shape index (κ2) is 5.87. The lowest BCUT2D eigenvalue weighted by molar-refractivity contribution is -0.195. The van der Waals surface area contributed by atoms with Crippen LogP contribution in [0.3, 0.4) is 0 Å². The summed E-state index contributed by atoms with van der Waals surface area (Å²) in [6.07, 6.45) is 2.05. The molecule has 112 valence electrons. The van der Waals surface area contributed by atoms with E-state index in [4.69, 9.17) is 4.74 Å². The Bertz CT molecular complexity index is 635. The third-order valence-corrected chi connectivity index (χ3v) is 3.82. The molecule has 0 aromatic heterocycles. The number of hydrogen-bond donors (Lipinski definition) is 1. The molecule has 0 saturated heterocycles. The molecule has 22 heavy (non-hydrogen) atoms. The second-order valence-electron chi connectivity index (χ2n) is 5.63. The van der Waals surface area contributed by atoms with Gasteiger partial charge in [-0.2, -0.15) is 0 Å². The Kier molecular flexibility index (Phi) is 3.92. The quantitative estimate of drug-likeness (QED) is 0.946. The monoisotopic (exact) mass is 294 g/mol. The van der Waals surface area contributed by atoms with Gasteiger partial charge in [-0.25, -0.2) is 0 Å². The molecule has 2 atom stereocenters. The fraction of sp³-hybridized carbons (Fsp3) is 0.211. The Morgan fingerprint density at radius 1 is 1.00 bits per heavy atom. The maximum Gasteiger partial charge on any atom is 0.185 e. The third kappa shape index (κ3) is 3.01. The number of carbonyl (C=O) groups excluding carboxylic acids is 1. The SMILES string of the molecule is C[C@]1(O)C=CC(=O)[C@@H](C(c2ccccc2)c2ccccc2)O1. The summed E-state index contributed by atoms with van der Waals surface area (Å²) in [6, 6.07) is 19.5. The molecule has 0 bridgehead atoms. The van der Waals surface area contributed by atoms with Crippen LogP contribution in [-0.4, -0.2) is 22.8 Å². The Hall–Kier alpha value is -2.23. The Labute approximate surface area is 129 Å². The van der Waals surface area contributed by atoms with E-state index in [1.165, 1.54) is 19.1 Å². The molecular weight excluding hydrogens is 276 g/mol. The minimum absolute atomic E-state index is 0.135. The average Bonchev–Trinajstić information content (AvgIpc) is 2.53. The highest BCUT2D eigenvalue weighted by molar-refractivity contribution is 5.95. The normalized spacial score (nSPS) is 24.7. The standard InChI is InChI=1S/C19H18O3/c1-19(21)13-12-16(20)18(22-19)17(14-8-4-2-5-9-14)15-10-6-3-7-11-15/h2-13,17-18,21H,1H3/t18-,19+/m0/s1. The van der Waals surface area contributed by atoms with E-state index in [-0.39, 0.29) is 11.7 Å². The maximum absolute atomic E-state index is 12.3. The first kappa shape index (κ1) is 14.7. The Morgan fingerprint density at radius 3 is 2.00 bits per heavy atom. The molecule has 0 spiro atoms. The van der Waals surface area contributed by atoms with Gasteiger partial charge in [0, 0.05) is 5.92 Å². The highest BCUT2D eigenvalue weighted by atomic mass is 16.6. The van der Waals surface area contributed by atoms with Crippen LogP contribution in [0.2, 0.25) is 0 Å². The van der Waals surface area contributed by atoms with Crippen LogP contribution in [0.1, 0.15) is 24.0 Å². The highest BCUT2D eigenvalue weighted by Gasteiger charge is 2.38. The first-order chi connectivity index (χ1) is 10.6. The van der Waals surface area contributed by atoms with E-state index in [1.54, 1.807) is 0 Å². The fourth-order valence-corrected chi connectivity index (χ4v) is 2.78. The van der Waals surface area contributed by atoms with E-state index in [0.29, 0.717) is 0 Å². The summed E-state index contributed by atoms with van der Waals surface area (Å²) in [5.41, 5.74) is 1.97. The van der Waals surface area contributed by atoms with E-state index in [9.17, 15) is 9.90 Å². The van der Waals surface area contributed by atoms with Gasteiger partial charge in [-0.15, -0.1) is 0 Å². The molecule has 1 aliphatic heterocycles. The molecule has 1 N–H and O–H groups in total. The molecule has 0 aliphatic carbocycles. The molecule has 0 saturated carbocycles. The van der Waals surface area contributed by atoms with Crippen molar-refractivity contribution in [1.82, 2.24) is 0 Å². The van der Waals surface area contributed by atoms with Crippen molar-refractivity contribution >= 4 is 5.78 Å². The highest BCUT2D eigenvalue weighted by Crippen LogP contribution is 2.34. The zero-order valence-corrected chi connectivity index (χ0v) is 12.3. The predicted molar refractivity (Wildman–Crippen MR) is 84.4 cm³/mol. The van der Waals surface area contributed by atoms with Crippen LogP contribution < -0.4 is 0 Å². The predicted octanol–water partition coefficient (Wildman–Crippen LogP) is 3.05. The van der Waals surface area contributed by atoms with Gasteiger partial charge in [0.2, 0.25) is 0 Å². The molecule has 3 heteroatoms. The van der Waals surface area contributed by atoms with Crippen molar-refractivity contribution < 1.29 is 14.6 Å². The number of carbonyl (C=O) groups is 1. The first-order valence-electron chi connectivity index (χ1n) is 7.30. The van der Waals surface area contributed by atoms with Gasteiger partial charge < -0.3 is 9.84 Å². The molecule has 3 nitrogen and oxygen atoms in total. The van der Waals surface area contributed by atoms with E-state index in [1.807, 2.05) is 60.7 Å². The van der Waals surface area contributed by atoms with Crippen LogP contribution in [0, 0.1) is 0 Å². The summed E-state index contributed by atoms with van der Waals surface area (Å²) in [6.45, 7) is 1.54. The number of hydrogen-bond acceptors (Lipinski definition) is 3. The van der Waals surface area contributed by atoms with Crippen molar-refractivity contribution in [2.75, 3.05) is 0 Å². The van der Waals surface area contributed by atoms with E-state index < -0.39 is 11.9 Å². The minimum Gasteiger partial charge on any atom is -0.362 e. The van der Waals surface area contributed by atoms with Gasteiger partial charge in [0.05, 0.1) is 0 Å². The van der Waals surface area contributed by atoms with Crippen molar-refractivity contribution in [2.24, 2.45) is 0 Å². The summed E-state index contributed by atoms with van der Waals surface area (Å²) >= 11 is 0. The third-order valence-electron chi connectivity index (χ3n) is 3.82. The molecule has 0 amide bonds. The zero-order chi connectivity index (χ0) is 15.6. The first-order valence-corrected chi connectivity index (χ1v) is 7.30. The molecule has 1 aliphatic rings. The van der Waals surface area contributed by atoms with Crippen LogP contribution in [0.4, 0.5) is 0 Å². The van der Waals surface area contributed by atoms with Gasteiger partial charge in [0.1, 0.15) is 6.10 Å². The van der Waals surface area contributed by atoms with E-state index >= 15 is 0 Å². The van der Waals surface area contributed by atoms with Crippen molar-refractivity contribution in [3.63, 3.8) is 0 Å². The number of rotatable bonds is 3. The van der Waals surface area contributed by atoms with Crippen molar-refractivity contribution in [3.05, 3.63) is 83.9 Å². The summed E-state index contributed by atoms with van der Waals surface area (Å²) in [5, 5.41) is 10.1. The molecule has 3 rings (SSSR count).